The Bertz CT molecular complexity index is 856. The van der Waals surface area contributed by atoms with Gasteiger partial charge in [0.1, 0.15) is 6.42 Å². The minimum Gasteiger partial charge on any atom is -0.493 e. The molecule has 0 aliphatic heterocycles. The second-order valence-corrected chi connectivity index (χ2v) is 6.55. The van der Waals surface area contributed by atoms with Gasteiger partial charge in [-0.05, 0) is 57.9 Å². The molecule has 27 heavy (non-hydrogen) atoms. The lowest BCUT2D eigenvalue weighted by Gasteiger charge is -2.10. The number of carbonyl (C=O) groups is 2. The van der Waals surface area contributed by atoms with Gasteiger partial charge in [-0.3, -0.25) is 9.59 Å². The van der Waals surface area contributed by atoms with Crippen LogP contribution in [-0.2, 0) is 9.59 Å². The molecule has 9 heteroatoms. The van der Waals surface area contributed by atoms with Gasteiger partial charge in [0.05, 0.1) is 24.9 Å². The minimum atomic E-state index is -0.544. The summed E-state index contributed by atoms with van der Waals surface area (Å²) < 4.78 is 11.1. The molecule has 0 saturated carbocycles. The fraction of sp³-hybridized carbons (Fsp3) is 0.167. The van der Waals surface area contributed by atoms with Gasteiger partial charge in [0.25, 0.3) is 0 Å². The van der Waals surface area contributed by atoms with Crippen LogP contribution in [0, 0.1) is 0 Å². The molecule has 2 rings (SSSR count). The van der Waals surface area contributed by atoms with Gasteiger partial charge in [-0.2, -0.15) is 5.10 Å². The summed E-state index contributed by atoms with van der Waals surface area (Å²) in [6, 6.07) is 10.0. The molecule has 0 atom stereocenters. The van der Waals surface area contributed by atoms with Gasteiger partial charge in [0.2, 0.25) is 11.8 Å². The maximum Gasteiger partial charge on any atom is 0.249 e. The highest BCUT2D eigenvalue weighted by molar-refractivity contribution is 9.10. The Kier molecular flexibility index (Phi) is 7.63. The van der Waals surface area contributed by atoms with Crippen LogP contribution in [0.5, 0.6) is 11.5 Å². The van der Waals surface area contributed by atoms with Crippen molar-refractivity contribution in [2.75, 3.05) is 19.5 Å². The summed E-state index contributed by atoms with van der Waals surface area (Å²) in [6.45, 7) is 0. The second kappa shape index (κ2) is 9.94. The SMILES string of the molecule is COc1cc(C=NNC(=O)CC(=O)Nc2ccc(Cl)cc2)cc(Br)c1OC. The van der Waals surface area contributed by atoms with Gasteiger partial charge < -0.3 is 14.8 Å². The van der Waals surface area contributed by atoms with Gasteiger partial charge in [-0.15, -0.1) is 0 Å². The van der Waals surface area contributed by atoms with E-state index in [0.717, 1.165) is 0 Å². The van der Waals surface area contributed by atoms with E-state index in [1.54, 1.807) is 36.4 Å². The topological polar surface area (TPSA) is 89.0 Å². The first kappa shape index (κ1) is 20.7. The summed E-state index contributed by atoms with van der Waals surface area (Å²) in [6.07, 6.45) is 1.07. The monoisotopic (exact) mass is 453 g/mol. The van der Waals surface area contributed by atoms with Gasteiger partial charge in [0.15, 0.2) is 11.5 Å². The van der Waals surface area contributed by atoms with Crippen LogP contribution in [0.2, 0.25) is 5.02 Å². The predicted octanol–water partition coefficient (Wildman–Crippen LogP) is 3.60. The fourth-order valence-corrected chi connectivity index (χ4v) is 2.86. The maximum absolute atomic E-state index is 11.8. The van der Waals surface area contributed by atoms with E-state index < -0.39 is 11.8 Å². The number of nitrogens with zero attached hydrogens (tertiary/aromatic N) is 1. The number of hydrazone groups is 1. The number of benzene rings is 2. The zero-order valence-electron chi connectivity index (χ0n) is 14.6. The number of anilines is 1. The Morgan fingerprint density at radius 2 is 1.85 bits per heavy atom. The second-order valence-electron chi connectivity index (χ2n) is 5.26. The highest BCUT2D eigenvalue weighted by Crippen LogP contribution is 2.35. The zero-order valence-corrected chi connectivity index (χ0v) is 16.9. The number of hydrogen-bond acceptors (Lipinski definition) is 5. The third kappa shape index (κ3) is 6.26. The van der Waals surface area contributed by atoms with Crippen molar-refractivity contribution in [3.63, 3.8) is 0 Å². The first-order valence-electron chi connectivity index (χ1n) is 7.71. The van der Waals surface area contributed by atoms with E-state index in [2.05, 4.69) is 31.8 Å². The largest absolute Gasteiger partial charge is 0.493 e. The molecule has 7 nitrogen and oxygen atoms in total. The molecule has 0 aliphatic rings. The smallest absolute Gasteiger partial charge is 0.249 e. The molecule has 0 heterocycles. The molecule has 142 valence electrons. The molecule has 0 aromatic heterocycles. The number of methoxy groups -OCH3 is 2. The van der Waals surface area contributed by atoms with Crippen LogP contribution in [0.4, 0.5) is 5.69 Å². The fourth-order valence-electron chi connectivity index (χ4n) is 2.11. The summed E-state index contributed by atoms with van der Waals surface area (Å²) in [5.41, 5.74) is 3.53. The lowest BCUT2D eigenvalue weighted by molar-refractivity contribution is -0.126. The molecule has 0 radical (unpaired) electrons. The van der Waals surface area contributed by atoms with E-state index in [0.29, 0.717) is 32.2 Å². The average Bonchev–Trinajstić information content (AvgIpc) is 2.63. The van der Waals surface area contributed by atoms with Gasteiger partial charge in [0, 0.05) is 10.7 Å². The van der Waals surface area contributed by atoms with Crippen LogP contribution in [0.3, 0.4) is 0 Å². The number of rotatable bonds is 7. The third-order valence-electron chi connectivity index (χ3n) is 3.31. The van der Waals surface area contributed by atoms with Crippen molar-refractivity contribution in [2.45, 2.75) is 6.42 Å². The quantitative estimate of drug-likeness (QED) is 0.380. The first-order valence-corrected chi connectivity index (χ1v) is 8.89. The lowest BCUT2D eigenvalue weighted by atomic mass is 10.2. The average molecular weight is 455 g/mol. The van der Waals surface area contributed by atoms with Crippen LogP contribution in [0.1, 0.15) is 12.0 Å². The molecule has 2 aromatic carbocycles. The number of nitrogens with one attached hydrogen (secondary N) is 2. The molecule has 2 amide bonds. The number of carbonyl (C=O) groups excluding carboxylic acids is 2. The molecule has 2 aromatic rings. The molecular weight excluding hydrogens is 438 g/mol. The van der Waals surface area contributed by atoms with E-state index in [4.69, 9.17) is 21.1 Å². The highest BCUT2D eigenvalue weighted by atomic mass is 79.9. The van der Waals surface area contributed by atoms with Crippen molar-refractivity contribution in [2.24, 2.45) is 5.10 Å². The molecule has 0 spiro atoms. The Hall–Kier alpha value is -2.58. The standard InChI is InChI=1S/C18H17BrClN3O4/c1-26-15-8-11(7-14(19)18(15)27-2)10-21-23-17(25)9-16(24)22-13-5-3-12(20)4-6-13/h3-8,10H,9H2,1-2H3,(H,22,24)(H,23,25). The summed E-state index contributed by atoms with van der Waals surface area (Å²) in [4.78, 5) is 23.7. The third-order valence-corrected chi connectivity index (χ3v) is 4.15. The van der Waals surface area contributed by atoms with E-state index in [-0.39, 0.29) is 6.42 Å². The summed E-state index contributed by atoms with van der Waals surface area (Å²) in [5.74, 6) is 0.0655. The summed E-state index contributed by atoms with van der Waals surface area (Å²) in [7, 11) is 3.05. The highest BCUT2D eigenvalue weighted by Gasteiger charge is 2.11. The summed E-state index contributed by atoms with van der Waals surface area (Å²) in [5, 5.41) is 7.00. The maximum atomic E-state index is 11.8. The number of amides is 2. The molecular formula is C18H17BrClN3O4. The molecule has 0 saturated heterocycles. The van der Waals surface area contributed by atoms with Crippen molar-refractivity contribution in [1.82, 2.24) is 5.43 Å². The number of halogens is 2. The van der Waals surface area contributed by atoms with Crippen LogP contribution in [0.25, 0.3) is 0 Å². The van der Waals surface area contributed by atoms with Crippen LogP contribution < -0.4 is 20.2 Å². The van der Waals surface area contributed by atoms with E-state index in [1.165, 1.54) is 20.4 Å². The normalized spacial score (nSPS) is 10.5. The molecule has 0 aliphatic carbocycles. The van der Waals surface area contributed by atoms with E-state index in [9.17, 15) is 9.59 Å². The summed E-state index contributed by atoms with van der Waals surface area (Å²) >= 11 is 9.15. The van der Waals surface area contributed by atoms with Crippen LogP contribution >= 0.6 is 27.5 Å². The van der Waals surface area contributed by atoms with Crippen molar-refractivity contribution < 1.29 is 19.1 Å². The Morgan fingerprint density at radius 3 is 2.48 bits per heavy atom. The van der Waals surface area contributed by atoms with E-state index >= 15 is 0 Å². The number of ether oxygens (including phenoxy) is 2. The van der Waals surface area contributed by atoms with Gasteiger partial charge in [-0.25, -0.2) is 5.43 Å². The van der Waals surface area contributed by atoms with Crippen molar-refractivity contribution in [3.8, 4) is 11.5 Å². The lowest BCUT2D eigenvalue weighted by Crippen LogP contribution is -2.24. The Balaban J connectivity index is 1.90. The number of hydrogen-bond donors (Lipinski definition) is 2. The Labute approximate surface area is 169 Å². The van der Waals surface area contributed by atoms with Crippen molar-refractivity contribution >= 4 is 51.2 Å². The predicted molar refractivity (Wildman–Crippen MR) is 108 cm³/mol. The molecule has 2 N–H and O–H groups in total. The van der Waals surface area contributed by atoms with Gasteiger partial charge >= 0.3 is 0 Å². The van der Waals surface area contributed by atoms with Crippen molar-refractivity contribution in [3.05, 3.63) is 51.5 Å². The van der Waals surface area contributed by atoms with Crippen LogP contribution in [0.15, 0.2) is 46.0 Å². The van der Waals surface area contributed by atoms with Crippen LogP contribution in [-0.4, -0.2) is 32.2 Å². The zero-order chi connectivity index (χ0) is 19.8. The molecule has 0 fully saturated rings. The molecule has 0 unspecified atom stereocenters. The first-order chi connectivity index (χ1) is 12.9. The van der Waals surface area contributed by atoms with Gasteiger partial charge in [-0.1, -0.05) is 11.6 Å². The minimum absolute atomic E-state index is 0.365. The Morgan fingerprint density at radius 1 is 1.15 bits per heavy atom. The van der Waals surface area contributed by atoms with E-state index in [1.807, 2.05) is 0 Å². The van der Waals surface area contributed by atoms with Crippen molar-refractivity contribution in [1.29, 1.82) is 0 Å². The molecule has 0 bridgehead atoms.